The summed E-state index contributed by atoms with van der Waals surface area (Å²) in [6, 6.07) is 5.19. The van der Waals surface area contributed by atoms with E-state index < -0.39 is 5.60 Å². The van der Waals surface area contributed by atoms with Gasteiger partial charge >= 0.3 is 5.97 Å². The number of morpholine rings is 1. The largest absolute Gasteiger partial charge is 0.452 e. The molecule has 1 aromatic rings. The van der Waals surface area contributed by atoms with E-state index in [1.165, 1.54) is 0 Å². The summed E-state index contributed by atoms with van der Waals surface area (Å²) in [5.41, 5.74) is 0.360. The molecule has 5 heteroatoms. The van der Waals surface area contributed by atoms with Crippen LogP contribution in [-0.2, 0) is 15.1 Å². The van der Waals surface area contributed by atoms with Gasteiger partial charge in [0.1, 0.15) is 6.04 Å². The number of hydrogen-bond donors (Lipinski definition) is 1. The number of esters is 1. The standard InChI is InChI=1S/C11H9Cl2NO2/c12-7-2-1-6(3-8(7)13)11-4-9(14-5-11)10(15)16-11/h1-3,9,14H,4-5H2. The maximum absolute atomic E-state index is 11.4. The maximum atomic E-state index is 11.4. The van der Waals surface area contributed by atoms with E-state index in [2.05, 4.69) is 5.32 Å². The van der Waals surface area contributed by atoms with Gasteiger partial charge in [-0.15, -0.1) is 0 Å². The fourth-order valence-electron chi connectivity index (χ4n) is 2.33. The molecule has 2 unspecified atom stereocenters. The van der Waals surface area contributed by atoms with Gasteiger partial charge in [-0.1, -0.05) is 29.3 Å². The topological polar surface area (TPSA) is 38.3 Å². The van der Waals surface area contributed by atoms with Crippen LogP contribution in [0.4, 0.5) is 0 Å². The van der Waals surface area contributed by atoms with Crippen molar-refractivity contribution >= 4 is 29.2 Å². The van der Waals surface area contributed by atoms with E-state index in [4.69, 9.17) is 27.9 Å². The quantitative estimate of drug-likeness (QED) is 0.784. The molecule has 1 aromatic carbocycles. The predicted molar refractivity (Wildman–Crippen MR) is 60.6 cm³/mol. The van der Waals surface area contributed by atoms with Crippen LogP contribution < -0.4 is 5.32 Å². The molecule has 16 heavy (non-hydrogen) atoms. The summed E-state index contributed by atoms with van der Waals surface area (Å²) in [7, 11) is 0. The summed E-state index contributed by atoms with van der Waals surface area (Å²) in [4.78, 5) is 11.4. The van der Waals surface area contributed by atoms with E-state index in [9.17, 15) is 4.79 Å². The minimum atomic E-state index is -0.546. The lowest BCUT2D eigenvalue weighted by Gasteiger charge is -2.27. The van der Waals surface area contributed by atoms with Gasteiger partial charge < -0.3 is 4.74 Å². The number of fused-ring (bicyclic) bond motifs is 2. The first kappa shape index (κ1) is 10.4. The molecule has 0 aliphatic carbocycles. The number of rotatable bonds is 1. The van der Waals surface area contributed by atoms with Gasteiger partial charge in [-0.05, 0) is 17.7 Å². The van der Waals surface area contributed by atoms with Gasteiger partial charge in [-0.25, -0.2) is 0 Å². The summed E-state index contributed by atoms with van der Waals surface area (Å²) in [6.07, 6.45) is 0.670. The van der Waals surface area contributed by atoms with Gasteiger partial charge in [0.2, 0.25) is 0 Å². The third kappa shape index (κ3) is 1.35. The third-order valence-electron chi connectivity index (χ3n) is 3.19. The first-order valence-electron chi connectivity index (χ1n) is 5.02. The van der Waals surface area contributed by atoms with E-state index in [1.54, 1.807) is 12.1 Å². The highest BCUT2D eigenvalue weighted by atomic mass is 35.5. The zero-order chi connectivity index (χ0) is 11.3. The van der Waals surface area contributed by atoms with Crippen molar-refractivity contribution in [3.63, 3.8) is 0 Å². The minimum absolute atomic E-state index is 0.172. The smallest absolute Gasteiger partial charge is 0.324 e. The Kier molecular flexibility index (Phi) is 2.18. The number of carbonyl (C=O) groups is 1. The summed E-state index contributed by atoms with van der Waals surface area (Å²) in [5, 5.41) is 4.12. The normalized spacial score (nSPS) is 31.9. The van der Waals surface area contributed by atoms with Crippen LogP contribution >= 0.6 is 23.2 Å². The van der Waals surface area contributed by atoms with E-state index in [1.807, 2.05) is 6.07 Å². The van der Waals surface area contributed by atoms with Crippen LogP contribution in [0.5, 0.6) is 0 Å². The zero-order valence-electron chi connectivity index (χ0n) is 8.30. The molecule has 0 spiro atoms. The highest BCUT2D eigenvalue weighted by Crippen LogP contribution is 2.42. The van der Waals surface area contributed by atoms with Gasteiger partial charge in [0.25, 0.3) is 0 Å². The second-order valence-electron chi connectivity index (χ2n) is 4.18. The van der Waals surface area contributed by atoms with Crippen molar-refractivity contribution in [3.8, 4) is 0 Å². The SMILES string of the molecule is O=C1OC2(c3ccc(Cl)c(Cl)c3)CNC1C2. The molecule has 1 N–H and O–H groups in total. The fourth-order valence-corrected chi connectivity index (χ4v) is 2.63. The van der Waals surface area contributed by atoms with Crippen molar-refractivity contribution in [2.75, 3.05) is 6.54 Å². The predicted octanol–water partition coefficient (Wildman–Crippen LogP) is 2.11. The molecule has 84 valence electrons. The number of carbonyl (C=O) groups excluding carboxylic acids is 1. The molecule has 2 atom stereocenters. The van der Waals surface area contributed by atoms with Gasteiger partial charge in [-0.3, -0.25) is 10.1 Å². The Morgan fingerprint density at radius 3 is 2.75 bits per heavy atom. The maximum Gasteiger partial charge on any atom is 0.324 e. The Hall–Kier alpha value is -0.770. The van der Waals surface area contributed by atoms with Crippen LogP contribution in [0.1, 0.15) is 12.0 Å². The van der Waals surface area contributed by atoms with Gasteiger partial charge in [0, 0.05) is 13.0 Å². The molecule has 2 heterocycles. The number of nitrogens with one attached hydrogen (secondary N) is 1. The van der Waals surface area contributed by atoms with Crippen LogP contribution in [0, 0.1) is 0 Å². The average molecular weight is 258 g/mol. The van der Waals surface area contributed by atoms with E-state index in [0.29, 0.717) is 23.0 Å². The second-order valence-corrected chi connectivity index (χ2v) is 5.00. The molecule has 2 saturated heterocycles. The number of benzene rings is 1. The molecule has 0 radical (unpaired) electrons. The Bertz CT molecular complexity index is 477. The summed E-state index contributed by atoms with van der Waals surface area (Å²) in [6.45, 7) is 0.640. The van der Waals surface area contributed by atoms with Crippen molar-refractivity contribution in [1.82, 2.24) is 5.32 Å². The Balaban J connectivity index is 2.04. The Labute approximate surface area is 103 Å². The monoisotopic (exact) mass is 257 g/mol. The van der Waals surface area contributed by atoms with Crippen molar-refractivity contribution in [2.24, 2.45) is 0 Å². The molecule has 2 bridgehead atoms. The summed E-state index contributed by atoms with van der Waals surface area (Å²) >= 11 is 11.8. The lowest BCUT2D eigenvalue weighted by molar-refractivity contribution is -0.153. The number of hydrogen-bond acceptors (Lipinski definition) is 3. The molecule has 0 saturated carbocycles. The van der Waals surface area contributed by atoms with E-state index >= 15 is 0 Å². The Morgan fingerprint density at radius 1 is 1.38 bits per heavy atom. The molecule has 3 nitrogen and oxygen atoms in total. The highest BCUT2D eigenvalue weighted by Gasteiger charge is 2.53. The third-order valence-corrected chi connectivity index (χ3v) is 3.93. The van der Waals surface area contributed by atoms with Crippen LogP contribution in [0.25, 0.3) is 0 Å². The first-order chi connectivity index (χ1) is 7.61. The zero-order valence-corrected chi connectivity index (χ0v) is 9.81. The Morgan fingerprint density at radius 2 is 2.19 bits per heavy atom. The number of halogens is 2. The van der Waals surface area contributed by atoms with E-state index in [-0.39, 0.29) is 12.0 Å². The van der Waals surface area contributed by atoms with Crippen LogP contribution in [0.15, 0.2) is 18.2 Å². The molecule has 3 rings (SSSR count). The van der Waals surface area contributed by atoms with Crippen molar-refractivity contribution in [3.05, 3.63) is 33.8 Å². The van der Waals surface area contributed by atoms with Gasteiger partial charge in [0.15, 0.2) is 5.60 Å². The average Bonchev–Trinajstić information content (AvgIpc) is 2.80. The molecule has 0 amide bonds. The first-order valence-corrected chi connectivity index (χ1v) is 5.78. The highest BCUT2D eigenvalue weighted by molar-refractivity contribution is 6.42. The van der Waals surface area contributed by atoms with Gasteiger partial charge in [0.05, 0.1) is 10.0 Å². The van der Waals surface area contributed by atoms with Crippen molar-refractivity contribution < 1.29 is 9.53 Å². The van der Waals surface area contributed by atoms with Gasteiger partial charge in [-0.2, -0.15) is 0 Å². The molecular weight excluding hydrogens is 249 g/mol. The van der Waals surface area contributed by atoms with E-state index in [0.717, 1.165) is 5.56 Å². The molecule has 2 aliphatic heterocycles. The minimum Gasteiger partial charge on any atom is -0.452 e. The molecule has 0 aromatic heterocycles. The molecule has 2 fully saturated rings. The molecule has 2 aliphatic rings. The summed E-state index contributed by atoms with van der Waals surface area (Å²) < 4.78 is 5.43. The lowest BCUT2D eigenvalue weighted by Crippen LogP contribution is -2.40. The van der Waals surface area contributed by atoms with Crippen molar-refractivity contribution in [1.29, 1.82) is 0 Å². The summed E-state index contributed by atoms with van der Waals surface area (Å²) in [5.74, 6) is -0.183. The van der Waals surface area contributed by atoms with Crippen LogP contribution in [0.3, 0.4) is 0 Å². The van der Waals surface area contributed by atoms with Crippen LogP contribution in [0.2, 0.25) is 10.0 Å². The van der Waals surface area contributed by atoms with Crippen molar-refractivity contribution in [2.45, 2.75) is 18.1 Å². The fraction of sp³-hybridized carbons (Fsp3) is 0.364. The molecular formula is C11H9Cl2NO2. The van der Waals surface area contributed by atoms with Crippen LogP contribution in [-0.4, -0.2) is 18.6 Å². The second kappa shape index (κ2) is 3.36. The number of ether oxygens (including phenoxy) is 1. The lowest BCUT2D eigenvalue weighted by atomic mass is 9.93.